The molecular formula is C50H49F5N4O5. The van der Waals surface area contributed by atoms with Gasteiger partial charge < -0.3 is 25.1 Å². The fraction of sp³-hybridized carbons (Fsp3) is 0.280. The van der Waals surface area contributed by atoms with Crippen molar-refractivity contribution < 1.29 is 45.8 Å². The Kier molecular flexibility index (Phi) is 16.4. The van der Waals surface area contributed by atoms with Gasteiger partial charge in [0.1, 0.15) is 17.6 Å². The summed E-state index contributed by atoms with van der Waals surface area (Å²) in [5.74, 6) is -17.4. The number of hydrogen-bond acceptors (Lipinski definition) is 6. The molecule has 0 aliphatic heterocycles. The van der Waals surface area contributed by atoms with E-state index < -0.39 is 76.7 Å². The number of aromatic amines is 1. The molecule has 0 spiro atoms. The van der Waals surface area contributed by atoms with Crippen LogP contribution in [0.5, 0.6) is 5.75 Å². The number of aliphatic imine (C=N–C) groups is 1. The number of para-hydroxylation sites is 1. The van der Waals surface area contributed by atoms with Crippen molar-refractivity contribution in [2.24, 2.45) is 4.99 Å². The monoisotopic (exact) mass is 880 g/mol. The Balaban J connectivity index is 1.33. The van der Waals surface area contributed by atoms with Crippen LogP contribution in [0.1, 0.15) is 80.5 Å². The summed E-state index contributed by atoms with van der Waals surface area (Å²) in [6, 6.07) is 30.8. The Hall–Kier alpha value is -6.83. The van der Waals surface area contributed by atoms with Gasteiger partial charge in [-0.3, -0.25) is 9.59 Å². The number of ether oxygens (including phenoxy) is 2. The second-order valence-corrected chi connectivity index (χ2v) is 15.3. The van der Waals surface area contributed by atoms with Gasteiger partial charge in [-0.15, -0.1) is 0 Å². The van der Waals surface area contributed by atoms with Crippen molar-refractivity contribution in [2.75, 3.05) is 6.61 Å². The van der Waals surface area contributed by atoms with Crippen LogP contribution >= 0.6 is 0 Å². The number of rotatable bonds is 22. The van der Waals surface area contributed by atoms with Crippen molar-refractivity contribution in [1.82, 2.24) is 15.6 Å². The van der Waals surface area contributed by atoms with E-state index in [0.717, 1.165) is 55.8 Å². The molecule has 334 valence electrons. The molecular weight excluding hydrogens is 832 g/mol. The van der Waals surface area contributed by atoms with Crippen LogP contribution in [0.3, 0.4) is 0 Å². The Labute approximate surface area is 368 Å². The Bertz CT molecular complexity index is 2390. The summed E-state index contributed by atoms with van der Waals surface area (Å²) >= 11 is 0. The molecule has 2 amide bonds. The minimum absolute atomic E-state index is 0.0438. The first-order chi connectivity index (χ1) is 31.0. The number of H-pyrrole nitrogens is 1. The zero-order chi connectivity index (χ0) is 45.5. The van der Waals surface area contributed by atoms with Crippen molar-refractivity contribution >= 4 is 35.1 Å². The van der Waals surface area contributed by atoms with Gasteiger partial charge in [0, 0.05) is 23.5 Å². The molecule has 1 aromatic heterocycles. The molecule has 0 bridgehead atoms. The van der Waals surface area contributed by atoms with Crippen LogP contribution in [0, 0.1) is 29.1 Å². The van der Waals surface area contributed by atoms with E-state index in [1.165, 1.54) is 6.42 Å². The number of benzene rings is 5. The summed E-state index contributed by atoms with van der Waals surface area (Å²) in [5.41, 5.74) is 1.85. The van der Waals surface area contributed by atoms with Gasteiger partial charge in [0.05, 0.1) is 13.0 Å². The summed E-state index contributed by atoms with van der Waals surface area (Å²) in [6.07, 6.45) is 9.19. The molecule has 0 radical (unpaired) electrons. The molecule has 5 aromatic carbocycles. The Morgan fingerprint density at radius 1 is 0.688 bits per heavy atom. The molecule has 0 aliphatic rings. The van der Waals surface area contributed by atoms with Gasteiger partial charge in [-0.2, -0.15) is 8.78 Å². The summed E-state index contributed by atoms with van der Waals surface area (Å²) in [6.45, 7) is 2.47. The highest BCUT2D eigenvalue weighted by Gasteiger charge is 2.40. The number of carbonyl (C=O) groups is 3. The maximum absolute atomic E-state index is 14.9. The molecule has 0 aliphatic carbocycles. The predicted molar refractivity (Wildman–Crippen MR) is 234 cm³/mol. The SMILES string of the molecule is CCCCCCCCCO/C=N/[C@H](Cc1c[nH]c2ccccc12)C(=O)N[C@@H](CC(=O)NC(c1ccccc1)(c1ccccc1)c1ccccc1)C(=O)Oc1c(F)c(F)c(F)c(F)c1F. The molecule has 14 heteroatoms. The lowest BCUT2D eigenvalue weighted by atomic mass is 9.77. The van der Waals surface area contributed by atoms with E-state index in [1.54, 1.807) is 97.2 Å². The summed E-state index contributed by atoms with van der Waals surface area (Å²) in [5, 5.41) is 6.26. The summed E-state index contributed by atoms with van der Waals surface area (Å²) in [4.78, 5) is 50.4. The number of carbonyl (C=O) groups excluding carboxylic acids is 3. The van der Waals surface area contributed by atoms with Gasteiger partial charge in [0.25, 0.3) is 0 Å². The first kappa shape index (κ1) is 46.7. The van der Waals surface area contributed by atoms with Gasteiger partial charge in [-0.25, -0.2) is 23.0 Å². The highest BCUT2D eigenvalue weighted by atomic mass is 19.2. The van der Waals surface area contributed by atoms with Crippen molar-refractivity contribution in [3.63, 3.8) is 0 Å². The molecule has 0 saturated heterocycles. The second-order valence-electron chi connectivity index (χ2n) is 15.3. The molecule has 0 saturated carbocycles. The lowest BCUT2D eigenvalue weighted by Gasteiger charge is -2.37. The van der Waals surface area contributed by atoms with Crippen molar-refractivity contribution in [3.05, 3.63) is 173 Å². The fourth-order valence-corrected chi connectivity index (χ4v) is 7.57. The van der Waals surface area contributed by atoms with Crippen LogP contribution in [-0.2, 0) is 31.1 Å². The third kappa shape index (κ3) is 11.2. The average molecular weight is 881 g/mol. The minimum Gasteiger partial charge on any atom is -0.483 e. The van der Waals surface area contributed by atoms with Gasteiger partial charge in [0.15, 0.2) is 6.40 Å². The fourth-order valence-electron chi connectivity index (χ4n) is 7.57. The second kappa shape index (κ2) is 22.5. The standard InChI is InChI=1S/C50H49F5N4O5/c1-2-3-4-5-6-7-19-28-63-32-57-39(29-33-31-56-38-27-18-17-26-37(33)38)48(61)58-40(49(62)64-47-45(54)43(52)42(51)44(53)46(47)55)30-41(60)59-50(34-20-11-8-12-21-34,35-22-13-9-14-23-35)36-24-15-10-16-25-36/h8-18,20-27,31-32,39-40,56H,2-7,19,28-30H2,1H3,(H,58,61)(H,59,60)/b57-32+/t39-,40+/m1/s1. The molecule has 64 heavy (non-hydrogen) atoms. The van der Waals surface area contributed by atoms with Crippen LogP contribution in [0.2, 0.25) is 0 Å². The number of hydrogen-bond donors (Lipinski definition) is 3. The van der Waals surface area contributed by atoms with Crippen molar-refractivity contribution in [2.45, 2.75) is 82.3 Å². The lowest BCUT2D eigenvalue weighted by Crippen LogP contribution is -2.53. The number of fused-ring (bicyclic) bond motifs is 1. The number of unbranched alkanes of at least 4 members (excludes halogenated alkanes) is 6. The largest absolute Gasteiger partial charge is 0.483 e. The van der Waals surface area contributed by atoms with Crippen molar-refractivity contribution in [1.29, 1.82) is 0 Å². The number of nitrogens with one attached hydrogen (secondary N) is 3. The normalized spacial score (nSPS) is 12.5. The maximum atomic E-state index is 14.9. The molecule has 1 heterocycles. The summed E-state index contributed by atoms with van der Waals surface area (Å²) < 4.78 is 83.0. The summed E-state index contributed by atoms with van der Waals surface area (Å²) in [7, 11) is 0. The van der Waals surface area contributed by atoms with Gasteiger partial charge in [0.2, 0.25) is 46.6 Å². The average Bonchev–Trinajstić information content (AvgIpc) is 3.74. The van der Waals surface area contributed by atoms with E-state index in [0.29, 0.717) is 28.9 Å². The van der Waals surface area contributed by atoms with Crippen LogP contribution in [0.4, 0.5) is 22.0 Å². The van der Waals surface area contributed by atoms with E-state index in [4.69, 9.17) is 9.47 Å². The van der Waals surface area contributed by atoms with Crippen LogP contribution < -0.4 is 15.4 Å². The molecule has 6 aromatic rings. The van der Waals surface area contributed by atoms with Crippen molar-refractivity contribution in [3.8, 4) is 5.75 Å². The third-order valence-electron chi connectivity index (χ3n) is 10.9. The number of halogens is 5. The Morgan fingerprint density at radius 3 is 1.78 bits per heavy atom. The van der Waals surface area contributed by atoms with E-state index in [-0.39, 0.29) is 6.42 Å². The first-order valence-corrected chi connectivity index (χ1v) is 21.2. The molecule has 0 unspecified atom stereocenters. The third-order valence-corrected chi connectivity index (χ3v) is 10.9. The Morgan fingerprint density at radius 2 is 1.20 bits per heavy atom. The van der Waals surface area contributed by atoms with Gasteiger partial charge in [-0.1, -0.05) is 155 Å². The highest BCUT2D eigenvalue weighted by Crippen LogP contribution is 2.37. The van der Waals surface area contributed by atoms with Gasteiger partial charge >= 0.3 is 5.97 Å². The number of nitrogens with zero attached hydrogens (tertiary/aromatic N) is 1. The number of aromatic nitrogens is 1. The van der Waals surface area contributed by atoms with Crippen LogP contribution in [-0.4, -0.2) is 47.9 Å². The van der Waals surface area contributed by atoms with Crippen LogP contribution in [0.15, 0.2) is 126 Å². The van der Waals surface area contributed by atoms with E-state index in [9.17, 15) is 36.3 Å². The minimum atomic E-state index is -2.47. The molecule has 3 N–H and O–H groups in total. The smallest absolute Gasteiger partial charge is 0.334 e. The molecule has 9 nitrogen and oxygen atoms in total. The molecule has 6 rings (SSSR count). The zero-order valence-corrected chi connectivity index (χ0v) is 35.2. The van der Waals surface area contributed by atoms with E-state index >= 15 is 0 Å². The molecule has 0 fully saturated rings. The molecule has 2 atom stereocenters. The maximum Gasteiger partial charge on any atom is 0.334 e. The van der Waals surface area contributed by atoms with E-state index in [1.807, 2.05) is 24.3 Å². The number of esters is 1. The van der Waals surface area contributed by atoms with E-state index in [2.05, 4.69) is 27.5 Å². The van der Waals surface area contributed by atoms with Gasteiger partial charge in [-0.05, 0) is 34.7 Å². The topological polar surface area (TPSA) is 122 Å². The predicted octanol–water partition coefficient (Wildman–Crippen LogP) is 10.2. The highest BCUT2D eigenvalue weighted by molar-refractivity contribution is 5.93. The lowest BCUT2D eigenvalue weighted by molar-refractivity contribution is -0.142. The quantitative estimate of drug-likeness (QED) is 0.00722. The first-order valence-electron chi connectivity index (χ1n) is 21.2. The van der Waals surface area contributed by atoms with Crippen LogP contribution in [0.25, 0.3) is 10.9 Å². The zero-order valence-electron chi connectivity index (χ0n) is 35.2. The number of amides is 2.